The average molecular weight is 327 g/mol. The first-order valence-electron chi connectivity index (χ1n) is 7.85. The number of benzene rings is 1. The summed E-state index contributed by atoms with van der Waals surface area (Å²) in [4.78, 5) is 12.4. The van der Waals surface area contributed by atoms with E-state index in [0.717, 1.165) is 17.7 Å². The highest BCUT2D eigenvalue weighted by Crippen LogP contribution is 2.36. The molecule has 1 aromatic carbocycles. The lowest BCUT2D eigenvalue weighted by molar-refractivity contribution is 0.0911. The van der Waals surface area contributed by atoms with Crippen molar-refractivity contribution in [2.75, 3.05) is 14.2 Å². The molecule has 1 aliphatic carbocycles. The van der Waals surface area contributed by atoms with Crippen molar-refractivity contribution in [1.82, 2.24) is 5.16 Å². The van der Waals surface area contributed by atoms with Crippen molar-refractivity contribution >= 4 is 17.9 Å². The van der Waals surface area contributed by atoms with E-state index < -0.39 is 0 Å². The fourth-order valence-electron chi connectivity index (χ4n) is 3.04. The molecule has 1 heterocycles. The zero-order valence-electron chi connectivity index (χ0n) is 14.4. The zero-order chi connectivity index (χ0) is 17.3. The van der Waals surface area contributed by atoms with Crippen molar-refractivity contribution in [3.63, 3.8) is 0 Å². The van der Waals surface area contributed by atoms with Crippen molar-refractivity contribution in [3.05, 3.63) is 40.8 Å². The minimum absolute atomic E-state index is 0.0642. The van der Waals surface area contributed by atoms with Gasteiger partial charge < -0.3 is 14.0 Å². The van der Waals surface area contributed by atoms with E-state index in [9.17, 15) is 4.79 Å². The minimum atomic E-state index is -0.0642. The van der Waals surface area contributed by atoms with E-state index in [2.05, 4.69) is 19.0 Å². The number of fused-ring (bicyclic) bond motifs is 1. The monoisotopic (exact) mass is 327 g/mol. The molecule has 0 atom stereocenters. The van der Waals surface area contributed by atoms with Crippen molar-refractivity contribution in [1.29, 1.82) is 0 Å². The van der Waals surface area contributed by atoms with Gasteiger partial charge in [0.15, 0.2) is 23.0 Å². The van der Waals surface area contributed by atoms with E-state index >= 15 is 0 Å². The van der Waals surface area contributed by atoms with Crippen LogP contribution >= 0.6 is 0 Å². The van der Waals surface area contributed by atoms with E-state index in [-0.39, 0.29) is 11.2 Å². The van der Waals surface area contributed by atoms with Gasteiger partial charge in [-0.15, -0.1) is 0 Å². The number of ketones is 1. The van der Waals surface area contributed by atoms with Crippen LogP contribution in [0.1, 0.15) is 47.6 Å². The maximum absolute atomic E-state index is 12.4. The summed E-state index contributed by atoms with van der Waals surface area (Å²) in [6.45, 7) is 4.14. The minimum Gasteiger partial charge on any atom is -0.493 e. The van der Waals surface area contributed by atoms with Crippen LogP contribution in [0.25, 0.3) is 12.2 Å². The summed E-state index contributed by atoms with van der Waals surface area (Å²) >= 11 is 0. The Labute approximate surface area is 141 Å². The van der Waals surface area contributed by atoms with Crippen LogP contribution in [0.2, 0.25) is 0 Å². The first-order valence-corrected chi connectivity index (χ1v) is 7.85. The molecule has 0 saturated heterocycles. The lowest BCUT2D eigenvalue weighted by Gasteiger charge is -2.26. The molecule has 5 nitrogen and oxygen atoms in total. The van der Waals surface area contributed by atoms with Gasteiger partial charge in [0.05, 0.1) is 25.5 Å². The molecule has 0 saturated carbocycles. The van der Waals surface area contributed by atoms with Crippen LogP contribution in [0.4, 0.5) is 0 Å². The highest BCUT2D eigenvalue weighted by atomic mass is 16.5. The predicted octanol–water partition coefficient (Wildman–Crippen LogP) is 4.02. The van der Waals surface area contributed by atoms with Crippen molar-refractivity contribution in [2.45, 2.75) is 26.7 Å². The number of ether oxygens (including phenoxy) is 2. The lowest BCUT2D eigenvalue weighted by Crippen LogP contribution is -2.26. The van der Waals surface area contributed by atoms with Crippen LogP contribution in [0.3, 0.4) is 0 Å². The number of carbonyl (C=O) groups is 1. The van der Waals surface area contributed by atoms with Gasteiger partial charge >= 0.3 is 0 Å². The van der Waals surface area contributed by atoms with Gasteiger partial charge in [-0.3, -0.25) is 4.79 Å². The summed E-state index contributed by atoms with van der Waals surface area (Å²) < 4.78 is 15.9. The number of hydrogen-bond donors (Lipinski definition) is 0. The summed E-state index contributed by atoms with van der Waals surface area (Å²) in [7, 11) is 3.19. The molecule has 0 N–H and O–H groups in total. The number of nitrogens with zero attached hydrogens (tertiary/aromatic N) is 1. The number of rotatable bonds is 4. The number of methoxy groups -OCH3 is 2. The molecule has 0 fully saturated rings. The molecule has 1 aromatic heterocycles. The van der Waals surface area contributed by atoms with Crippen molar-refractivity contribution in [2.24, 2.45) is 5.41 Å². The highest BCUT2D eigenvalue weighted by molar-refractivity contribution is 6.01. The van der Waals surface area contributed by atoms with Gasteiger partial charge in [0.25, 0.3) is 0 Å². The second-order valence-electron chi connectivity index (χ2n) is 6.76. The van der Waals surface area contributed by atoms with E-state index in [1.165, 1.54) is 0 Å². The number of carbonyl (C=O) groups excluding carboxylic acids is 1. The molecule has 0 unspecified atom stereocenters. The Morgan fingerprint density at radius 1 is 1.12 bits per heavy atom. The van der Waals surface area contributed by atoms with Crippen LogP contribution in [0.15, 0.2) is 22.7 Å². The molecule has 126 valence electrons. The topological polar surface area (TPSA) is 61.6 Å². The first-order chi connectivity index (χ1) is 11.4. The Balaban J connectivity index is 1.89. The van der Waals surface area contributed by atoms with Crippen LogP contribution in [0, 0.1) is 5.41 Å². The molecule has 0 amide bonds. The molecule has 1 aliphatic rings. The van der Waals surface area contributed by atoms with Crippen LogP contribution < -0.4 is 9.47 Å². The van der Waals surface area contributed by atoms with Gasteiger partial charge in [-0.05, 0) is 35.6 Å². The van der Waals surface area contributed by atoms with Gasteiger partial charge in [0, 0.05) is 6.42 Å². The third-order valence-corrected chi connectivity index (χ3v) is 4.19. The van der Waals surface area contributed by atoms with Gasteiger partial charge in [-0.2, -0.15) is 0 Å². The van der Waals surface area contributed by atoms with Crippen LogP contribution in [-0.2, 0) is 6.42 Å². The molecular weight excluding hydrogens is 306 g/mol. The van der Waals surface area contributed by atoms with Crippen LogP contribution in [-0.4, -0.2) is 25.2 Å². The largest absolute Gasteiger partial charge is 0.493 e. The highest BCUT2D eigenvalue weighted by Gasteiger charge is 2.35. The molecule has 3 rings (SSSR count). The van der Waals surface area contributed by atoms with E-state index in [0.29, 0.717) is 29.2 Å². The Morgan fingerprint density at radius 2 is 1.88 bits per heavy atom. The standard InChI is InChI=1S/C19H21NO4/c1-19(2)10-13-18(14(21)11-19)16(24-20-13)8-6-12-5-7-15(22-3)17(9-12)23-4/h5-9H,10-11H2,1-4H3. The summed E-state index contributed by atoms with van der Waals surface area (Å²) in [5.41, 5.74) is 2.22. The SMILES string of the molecule is COc1ccc(C=Cc2onc3c2C(=O)CC(C)(C)C3)cc1OC. The maximum Gasteiger partial charge on any atom is 0.170 e. The van der Waals surface area contributed by atoms with Gasteiger partial charge in [0.1, 0.15) is 0 Å². The molecule has 0 aliphatic heterocycles. The Kier molecular flexibility index (Phi) is 4.18. The Morgan fingerprint density at radius 3 is 2.58 bits per heavy atom. The summed E-state index contributed by atoms with van der Waals surface area (Å²) in [6, 6.07) is 5.61. The summed E-state index contributed by atoms with van der Waals surface area (Å²) in [5, 5.41) is 4.08. The predicted molar refractivity (Wildman–Crippen MR) is 91.4 cm³/mol. The Hall–Kier alpha value is -2.56. The van der Waals surface area contributed by atoms with Gasteiger partial charge in [0.2, 0.25) is 0 Å². The number of Topliss-reactive ketones (excluding diaryl/α,β-unsaturated/α-hetero) is 1. The molecule has 0 bridgehead atoms. The number of hydrogen-bond acceptors (Lipinski definition) is 5. The molecule has 5 heteroatoms. The van der Waals surface area contributed by atoms with E-state index in [1.54, 1.807) is 20.3 Å². The van der Waals surface area contributed by atoms with Crippen LogP contribution in [0.5, 0.6) is 11.5 Å². The fourth-order valence-corrected chi connectivity index (χ4v) is 3.04. The molecule has 0 spiro atoms. The smallest absolute Gasteiger partial charge is 0.170 e. The van der Waals surface area contributed by atoms with E-state index in [1.807, 2.05) is 24.3 Å². The lowest BCUT2D eigenvalue weighted by atomic mass is 9.76. The molecule has 0 radical (unpaired) electrons. The fraction of sp³-hybridized carbons (Fsp3) is 0.368. The first kappa shape index (κ1) is 16.3. The maximum atomic E-state index is 12.4. The zero-order valence-corrected chi connectivity index (χ0v) is 14.4. The Bertz CT molecular complexity index is 802. The molecule has 2 aromatic rings. The van der Waals surface area contributed by atoms with Gasteiger partial charge in [-0.25, -0.2) is 0 Å². The van der Waals surface area contributed by atoms with Gasteiger partial charge in [-0.1, -0.05) is 31.1 Å². The van der Waals surface area contributed by atoms with Crippen molar-refractivity contribution < 1.29 is 18.8 Å². The normalized spacial score (nSPS) is 16.2. The average Bonchev–Trinajstić information content (AvgIpc) is 2.94. The van der Waals surface area contributed by atoms with E-state index in [4.69, 9.17) is 14.0 Å². The number of aromatic nitrogens is 1. The summed E-state index contributed by atoms with van der Waals surface area (Å²) in [6.07, 6.45) is 4.92. The quantitative estimate of drug-likeness (QED) is 0.849. The second kappa shape index (κ2) is 6.15. The second-order valence-corrected chi connectivity index (χ2v) is 6.76. The van der Waals surface area contributed by atoms with Crippen molar-refractivity contribution in [3.8, 4) is 11.5 Å². The third-order valence-electron chi connectivity index (χ3n) is 4.19. The molecular formula is C19H21NO4. The summed E-state index contributed by atoms with van der Waals surface area (Å²) in [5.74, 6) is 1.93. The third kappa shape index (κ3) is 3.07. The molecule has 24 heavy (non-hydrogen) atoms.